The van der Waals surface area contributed by atoms with E-state index in [-0.39, 0.29) is 6.61 Å². The lowest BCUT2D eigenvalue weighted by molar-refractivity contribution is -0.264. The summed E-state index contributed by atoms with van der Waals surface area (Å²) in [5.41, 5.74) is 0.155. The first-order valence-corrected chi connectivity index (χ1v) is 4.80. The Balaban J connectivity index is 2.19. The topological polar surface area (TPSA) is 44.8 Å². The molecule has 0 aliphatic heterocycles. The van der Waals surface area contributed by atoms with Gasteiger partial charge in [0.15, 0.2) is 5.56 Å². The molecule has 1 aromatic rings. The molecule has 0 aliphatic carbocycles. The van der Waals surface area contributed by atoms with Gasteiger partial charge in [0.05, 0.1) is 0 Å². The summed E-state index contributed by atoms with van der Waals surface area (Å²) in [7, 11) is 0. The Morgan fingerprint density at radius 2 is 2.07 bits per heavy atom. The van der Waals surface area contributed by atoms with Gasteiger partial charge in [-0.05, 0) is 12.5 Å². The smallest absolute Gasteiger partial charge is 0.413 e. The van der Waals surface area contributed by atoms with Crippen molar-refractivity contribution in [2.75, 3.05) is 0 Å². The van der Waals surface area contributed by atoms with E-state index < -0.39 is 11.7 Å². The molecule has 1 rings (SSSR count). The van der Waals surface area contributed by atoms with E-state index in [0.717, 1.165) is 5.56 Å². The monoisotopic (exact) mass is 230 g/mol. The van der Waals surface area contributed by atoms with Crippen molar-refractivity contribution in [1.82, 2.24) is 0 Å². The number of carbonyl (C=O) groups is 1. The Bertz CT molecular complexity index is 300. The minimum atomic E-state index is -0.951. The predicted octanol–water partition coefficient (Wildman–Crippen LogP) is 2.86. The number of benzene rings is 1. The van der Waals surface area contributed by atoms with E-state index in [2.05, 4.69) is 14.5 Å². The number of halogens is 1. The molecule has 1 atom stereocenters. The fourth-order valence-electron chi connectivity index (χ4n) is 0.872. The molecule has 0 radical (unpaired) electrons. The van der Waals surface area contributed by atoms with Gasteiger partial charge in [0.2, 0.25) is 0 Å². The van der Waals surface area contributed by atoms with Crippen LogP contribution < -0.4 is 0 Å². The van der Waals surface area contributed by atoms with E-state index in [1.165, 1.54) is 6.92 Å². The number of alkyl halides is 1. The van der Waals surface area contributed by atoms with Crippen LogP contribution in [0.4, 0.5) is 4.79 Å². The van der Waals surface area contributed by atoms with E-state index >= 15 is 0 Å². The summed E-state index contributed by atoms with van der Waals surface area (Å²) in [6.07, 6.45) is -0.951. The number of carbonyl (C=O) groups excluding carboxylic acids is 1. The van der Waals surface area contributed by atoms with Crippen LogP contribution in [0, 0.1) is 0 Å². The zero-order chi connectivity index (χ0) is 11.1. The second kappa shape index (κ2) is 6.27. The largest absolute Gasteiger partial charge is 0.541 e. The van der Waals surface area contributed by atoms with Crippen LogP contribution in [0.25, 0.3) is 0 Å². The lowest BCUT2D eigenvalue weighted by atomic mass is 10.2. The maximum atomic E-state index is 10.8. The number of rotatable bonds is 4. The van der Waals surface area contributed by atoms with Gasteiger partial charge < -0.3 is 4.74 Å². The van der Waals surface area contributed by atoms with Gasteiger partial charge in [0.1, 0.15) is 6.61 Å². The van der Waals surface area contributed by atoms with Crippen LogP contribution in [-0.2, 0) is 21.1 Å². The van der Waals surface area contributed by atoms with Gasteiger partial charge >= 0.3 is 6.16 Å². The fraction of sp³-hybridized carbons (Fsp3) is 0.300. The average molecular weight is 231 g/mol. The van der Waals surface area contributed by atoms with Gasteiger partial charge in [-0.15, -0.1) is 0 Å². The van der Waals surface area contributed by atoms with E-state index in [0.29, 0.717) is 0 Å². The second-order valence-electron chi connectivity index (χ2n) is 2.74. The molecular weight excluding hydrogens is 220 g/mol. The summed E-state index contributed by atoms with van der Waals surface area (Å²) < 4.78 is 4.47. The molecule has 0 N–H and O–H groups in total. The summed E-state index contributed by atoms with van der Waals surface area (Å²) in [4.78, 5) is 19.8. The number of hydrogen-bond donors (Lipinski definition) is 0. The quantitative estimate of drug-likeness (QED) is 0.345. The Morgan fingerprint density at radius 1 is 1.40 bits per heavy atom. The fourth-order valence-corrected chi connectivity index (χ4v) is 0.945. The van der Waals surface area contributed by atoms with Crippen molar-refractivity contribution >= 4 is 17.8 Å². The van der Waals surface area contributed by atoms with Crippen LogP contribution in [0.15, 0.2) is 30.3 Å². The van der Waals surface area contributed by atoms with Crippen molar-refractivity contribution in [1.29, 1.82) is 0 Å². The van der Waals surface area contributed by atoms with Crippen molar-refractivity contribution in [3.63, 3.8) is 0 Å². The van der Waals surface area contributed by atoms with Crippen LogP contribution in [-0.4, -0.2) is 11.7 Å². The molecule has 82 valence electrons. The highest BCUT2D eigenvalue weighted by Crippen LogP contribution is 2.03. The highest BCUT2D eigenvalue weighted by Gasteiger charge is 2.08. The summed E-state index contributed by atoms with van der Waals surface area (Å²) in [6, 6.07) is 9.29. The van der Waals surface area contributed by atoms with E-state index in [4.69, 9.17) is 11.6 Å². The van der Waals surface area contributed by atoms with Crippen molar-refractivity contribution in [3.05, 3.63) is 35.9 Å². The standard InChI is InChI=1S/C10H11ClO4/c1-8(11)14-10(12)15-13-7-9-5-3-2-4-6-9/h2-6,8H,7H2,1H3. The zero-order valence-electron chi connectivity index (χ0n) is 8.18. The van der Waals surface area contributed by atoms with Crippen molar-refractivity contribution in [2.24, 2.45) is 0 Å². The van der Waals surface area contributed by atoms with Crippen LogP contribution in [0.1, 0.15) is 12.5 Å². The van der Waals surface area contributed by atoms with E-state index in [1.54, 1.807) is 0 Å². The molecule has 0 amide bonds. The second-order valence-corrected chi connectivity index (χ2v) is 3.36. The first kappa shape index (κ1) is 11.8. The highest BCUT2D eigenvalue weighted by molar-refractivity contribution is 6.19. The van der Waals surface area contributed by atoms with Gasteiger partial charge in [0.25, 0.3) is 0 Å². The molecule has 5 heteroatoms. The Labute approximate surface area is 92.6 Å². The molecule has 0 bridgehead atoms. The van der Waals surface area contributed by atoms with E-state index in [9.17, 15) is 4.79 Å². The molecule has 0 fully saturated rings. The number of ether oxygens (including phenoxy) is 1. The van der Waals surface area contributed by atoms with Gasteiger partial charge in [0, 0.05) is 0 Å². The van der Waals surface area contributed by atoms with Crippen LogP contribution in [0.5, 0.6) is 0 Å². The Hall–Kier alpha value is -1.26. The van der Waals surface area contributed by atoms with Crippen molar-refractivity contribution in [2.45, 2.75) is 19.1 Å². The normalized spacial score (nSPS) is 11.9. The minimum absolute atomic E-state index is 0.173. The van der Waals surface area contributed by atoms with Crippen LogP contribution in [0.2, 0.25) is 0 Å². The molecule has 15 heavy (non-hydrogen) atoms. The van der Waals surface area contributed by atoms with Crippen LogP contribution >= 0.6 is 11.6 Å². The summed E-state index contributed by atoms with van der Waals surface area (Å²) >= 11 is 5.39. The molecule has 0 heterocycles. The average Bonchev–Trinajstić information content (AvgIpc) is 2.18. The molecule has 1 unspecified atom stereocenters. The molecule has 1 aromatic carbocycles. The highest BCUT2D eigenvalue weighted by atomic mass is 35.5. The van der Waals surface area contributed by atoms with Gasteiger partial charge in [-0.1, -0.05) is 41.9 Å². The lowest BCUT2D eigenvalue weighted by Crippen LogP contribution is -2.11. The third kappa shape index (κ3) is 5.24. The third-order valence-corrected chi connectivity index (χ3v) is 1.54. The Kier molecular flexibility index (Phi) is 4.93. The molecule has 0 spiro atoms. The number of hydrogen-bond acceptors (Lipinski definition) is 4. The minimum Gasteiger partial charge on any atom is -0.413 e. The van der Waals surface area contributed by atoms with Gasteiger partial charge in [-0.3, -0.25) is 4.89 Å². The first-order chi connectivity index (χ1) is 7.18. The summed E-state index contributed by atoms with van der Waals surface area (Å²) in [5.74, 6) is 0. The van der Waals surface area contributed by atoms with Crippen molar-refractivity contribution < 1.29 is 19.3 Å². The lowest BCUT2D eigenvalue weighted by Gasteiger charge is -2.05. The predicted molar refractivity (Wildman–Crippen MR) is 54.1 cm³/mol. The third-order valence-electron chi connectivity index (χ3n) is 1.45. The van der Waals surface area contributed by atoms with Gasteiger partial charge in [-0.25, -0.2) is 4.79 Å². The van der Waals surface area contributed by atoms with Gasteiger partial charge in [-0.2, -0.15) is 4.89 Å². The molecule has 0 aliphatic rings. The Morgan fingerprint density at radius 3 is 2.67 bits per heavy atom. The van der Waals surface area contributed by atoms with Crippen molar-refractivity contribution in [3.8, 4) is 0 Å². The summed E-state index contributed by atoms with van der Waals surface area (Å²) in [6.45, 7) is 1.67. The van der Waals surface area contributed by atoms with Crippen LogP contribution in [0.3, 0.4) is 0 Å². The maximum Gasteiger partial charge on any atom is 0.541 e. The summed E-state index contributed by atoms with van der Waals surface area (Å²) in [5, 5.41) is 0. The maximum absolute atomic E-state index is 10.8. The zero-order valence-corrected chi connectivity index (χ0v) is 8.94. The molecule has 0 aromatic heterocycles. The molecule has 0 saturated heterocycles. The van der Waals surface area contributed by atoms with E-state index in [1.807, 2.05) is 30.3 Å². The molecule has 4 nitrogen and oxygen atoms in total. The molecular formula is C10H11ClO4. The molecule has 0 saturated carbocycles. The first-order valence-electron chi connectivity index (χ1n) is 4.36. The SMILES string of the molecule is CC(Cl)OC(=O)OOCc1ccccc1.